The number of aromatic nitrogens is 2. The Hall–Kier alpha value is -5.55. The lowest BCUT2D eigenvalue weighted by molar-refractivity contribution is -0.164. The number of hydrogen-bond donors (Lipinski definition) is 3. The van der Waals surface area contributed by atoms with Gasteiger partial charge in [0, 0.05) is 85.8 Å². The van der Waals surface area contributed by atoms with Crippen LogP contribution in [0.25, 0.3) is 0 Å². The van der Waals surface area contributed by atoms with Crippen LogP contribution in [0.1, 0.15) is 117 Å². The number of ether oxygens (including phenoxy) is 2. The van der Waals surface area contributed by atoms with Crippen LogP contribution in [0.3, 0.4) is 0 Å². The zero-order chi connectivity index (χ0) is 43.8. The monoisotopic (exact) mass is 832 g/mol. The maximum Gasteiger partial charge on any atom is 0.254 e. The van der Waals surface area contributed by atoms with Gasteiger partial charge in [0.2, 0.25) is 17.8 Å². The number of amides is 4. The molecule has 2 aliphatic carbocycles. The minimum Gasteiger partial charge on any atom is -0.490 e. The molecule has 1 unspecified atom stereocenters. The molecular formula is C47H60N8O6. The Morgan fingerprint density at radius 1 is 0.918 bits per heavy atom. The smallest absolute Gasteiger partial charge is 0.254 e. The van der Waals surface area contributed by atoms with Crippen molar-refractivity contribution < 1.29 is 28.7 Å². The number of piperidine rings is 2. The van der Waals surface area contributed by atoms with Crippen LogP contribution in [0, 0.1) is 41.9 Å². The van der Waals surface area contributed by atoms with Crippen LogP contribution in [0.15, 0.2) is 48.8 Å². The minimum absolute atomic E-state index is 0.0511. The van der Waals surface area contributed by atoms with Gasteiger partial charge in [-0.2, -0.15) is 5.26 Å². The van der Waals surface area contributed by atoms with Crippen LogP contribution in [0.5, 0.6) is 11.5 Å². The van der Waals surface area contributed by atoms with Crippen LogP contribution in [0.4, 0.5) is 5.95 Å². The van der Waals surface area contributed by atoms with Crippen molar-refractivity contribution in [2.75, 3.05) is 24.5 Å². The van der Waals surface area contributed by atoms with E-state index in [1.165, 1.54) is 0 Å². The summed E-state index contributed by atoms with van der Waals surface area (Å²) in [5, 5.41) is 17.7. The van der Waals surface area contributed by atoms with Gasteiger partial charge in [-0.1, -0.05) is 33.8 Å². The Bertz CT molecular complexity index is 2150. The molecule has 2 aliphatic heterocycles. The molecule has 1 aromatic heterocycles. The standard InChI is InChI=1S/C47H60N8O6/c1-27(2)55(33-21-36(22-33)60-34-11-9-10-31(20-34)40(57)51-38-12-13-39(56)52-42(38)59)26-30-14-16-54(17-15-30)45-49-24-32(25-50-45)41(58)53-43-46(5,6)44(47(43,7)8)61-35-18-28(3)37(23-48)29(4)19-35/h9-11,18-20,24-25,27,30,33,36,38,43-44H,12-17,21-22,26H2,1-8H3,(H,51,57)(H,53,58)(H,52,56,59). The first-order valence-corrected chi connectivity index (χ1v) is 21.7. The summed E-state index contributed by atoms with van der Waals surface area (Å²) in [7, 11) is 0. The van der Waals surface area contributed by atoms with E-state index in [-0.39, 0.29) is 59.6 Å². The van der Waals surface area contributed by atoms with Gasteiger partial charge in [0.15, 0.2) is 0 Å². The molecule has 4 amide bonds. The normalized spacial score (nSPS) is 24.5. The number of benzene rings is 2. The van der Waals surface area contributed by atoms with E-state index in [4.69, 9.17) is 9.47 Å². The SMILES string of the molecule is Cc1cc(OC2C(C)(C)C(NC(=O)c3cnc(N4CCC(CN(C(C)C)C5CC(Oc6cccc(C(=O)NC7CCC(=O)NC7=O)c6)C5)CC4)nc3)C2(C)C)cc(C)c1C#N. The Kier molecular flexibility index (Phi) is 12.4. The first-order valence-electron chi connectivity index (χ1n) is 21.7. The van der Waals surface area contributed by atoms with E-state index in [2.05, 4.69) is 83.3 Å². The topological polar surface area (TPSA) is 179 Å². The third kappa shape index (κ3) is 9.22. The molecule has 0 bridgehead atoms. The fourth-order valence-corrected chi connectivity index (χ4v) is 10.2. The number of anilines is 1. The maximum atomic E-state index is 13.5. The fraction of sp³-hybridized carbons (Fsp3) is 0.553. The molecule has 3 aromatic rings. The van der Waals surface area contributed by atoms with Crippen molar-refractivity contribution in [1.82, 2.24) is 30.8 Å². The molecule has 3 N–H and O–H groups in total. The number of hydrogen-bond acceptors (Lipinski definition) is 11. The third-order valence-electron chi connectivity index (χ3n) is 13.4. The number of nitriles is 1. The van der Waals surface area contributed by atoms with Crippen molar-refractivity contribution in [2.24, 2.45) is 16.7 Å². The number of carbonyl (C=O) groups excluding carboxylic acids is 4. The quantitative estimate of drug-likeness (QED) is 0.181. The van der Waals surface area contributed by atoms with Gasteiger partial charge < -0.3 is 25.0 Å². The molecule has 14 heteroatoms. The molecule has 14 nitrogen and oxygen atoms in total. The first kappa shape index (κ1) is 43.5. The summed E-state index contributed by atoms with van der Waals surface area (Å²) in [6.07, 6.45) is 7.47. The molecular weight excluding hydrogens is 773 g/mol. The zero-order valence-corrected chi connectivity index (χ0v) is 36.7. The van der Waals surface area contributed by atoms with Gasteiger partial charge in [0.05, 0.1) is 17.2 Å². The number of carbonyl (C=O) groups is 4. The second-order valence-corrected chi connectivity index (χ2v) is 19.0. The number of nitrogens with zero attached hydrogens (tertiary/aromatic N) is 5. The Labute approximate surface area is 359 Å². The molecule has 1 atom stereocenters. The van der Waals surface area contributed by atoms with E-state index in [1.54, 1.807) is 30.6 Å². The van der Waals surface area contributed by atoms with Crippen LogP contribution >= 0.6 is 0 Å². The Morgan fingerprint density at radius 3 is 2.16 bits per heavy atom. The summed E-state index contributed by atoms with van der Waals surface area (Å²) in [5.41, 5.74) is 2.57. The predicted octanol–water partition coefficient (Wildman–Crippen LogP) is 5.65. The minimum atomic E-state index is -0.733. The molecule has 7 rings (SSSR count). The molecule has 4 aliphatic rings. The summed E-state index contributed by atoms with van der Waals surface area (Å²) in [6, 6.07) is 13.0. The molecule has 3 heterocycles. The lowest BCUT2D eigenvalue weighted by Gasteiger charge is -2.63. The molecule has 324 valence electrons. The van der Waals surface area contributed by atoms with E-state index >= 15 is 0 Å². The van der Waals surface area contributed by atoms with E-state index < -0.39 is 11.9 Å². The van der Waals surface area contributed by atoms with E-state index in [1.807, 2.05) is 32.0 Å². The average Bonchev–Trinajstić information content (AvgIpc) is 3.20. The molecule has 0 radical (unpaired) electrons. The summed E-state index contributed by atoms with van der Waals surface area (Å²) < 4.78 is 12.8. The van der Waals surface area contributed by atoms with Crippen molar-refractivity contribution in [1.29, 1.82) is 5.26 Å². The molecule has 2 saturated heterocycles. The average molecular weight is 833 g/mol. The number of rotatable bonds is 13. The van der Waals surface area contributed by atoms with Gasteiger partial charge in [-0.05, 0) is 94.3 Å². The van der Waals surface area contributed by atoms with Crippen molar-refractivity contribution in [3.63, 3.8) is 0 Å². The molecule has 0 spiro atoms. The second kappa shape index (κ2) is 17.4. The van der Waals surface area contributed by atoms with Crippen LogP contribution in [-0.4, -0.2) is 94.5 Å². The van der Waals surface area contributed by atoms with Gasteiger partial charge in [0.1, 0.15) is 29.7 Å². The van der Waals surface area contributed by atoms with Gasteiger partial charge >= 0.3 is 0 Å². The summed E-state index contributed by atoms with van der Waals surface area (Å²) in [6.45, 7) is 19.5. The van der Waals surface area contributed by atoms with E-state index in [9.17, 15) is 24.4 Å². The van der Waals surface area contributed by atoms with Gasteiger partial charge in [-0.25, -0.2) is 9.97 Å². The second-order valence-electron chi connectivity index (χ2n) is 19.0. The largest absolute Gasteiger partial charge is 0.490 e. The van der Waals surface area contributed by atoms with Crippen molar-refractivity contribution >= 4 is 29.6 Å². The fourth-order valence-electron chi connectivity index (χ4n) is 10.2. The lowest BCUT2D eigenvalue weighted by atomic mass is 9.49. The highest BCUT2D eigenvalue weighted by atomic mass is 16.5. The molecule has 4 fully saturated rings. The number of nitrogens with one attached hydrogen (secondary N) is 3. The van der Waals surface area contributed by atoms with Gasteiger partial charge in [-0.3, -0.25) is 29.4 Å². The van der Waals surface area contributed by atoms with Crippen molar-refractivity contribution in [2.45, 2.75) is 130 Å². The highest BCUT2D eigenvalue weighted by Gasteiger charge is 2.64. The summed E-state index contributed by atoms with van der Waals surface area (Å²) in [5.74, 6) is 1.14. The third-order valence-corrected chi connectivity index (χ3v) is 13.4. The predicted molar refractivity (Wildman–Crippen MR) is 230 cm³/mol. The molecule has 2 aromatic carbocycles. The van der Waals surface area contributed by atoms with E-state index in [0.29, 0.717) is 46.4 Å². The Balaban J connectivity index is 0.858. The number of aryl methyl sites for hydroxylation is 2. The summed E-state index contributed by atoms with van der Waals surface area (Å²) >= 11 is 0. The lowest BCUT2D eigenvalue weighted by Crippen LogP contribution is -2.74. The van der Waals surface area contributed by atoms with Crippen LogP contribution in [0.2, 0.25) is 0 Å². The number of imide groups is 1. The maximum absolute atomic E-state index is 13.5. The molecule has 2 saturated carbocycles. The van der Waals surface area contributed by atoms with Crippen molar-refractivity contribution in [3.8, 4) is 17.6 Å². The Morgan fingerprint density at radius 2 is 1.56 bits per heavy atom. The zero-order valence-electron chi connectivity index (χ0n) is 36.7. The summed E-state index contributed by atoms with van der Waals surface area (Å²) in [4.78, 5) is 64.1. The molecule has 61 heavy (non-hydrogen) atoms. The van der Waals surface area contributed by atoms with Crippen LogP contribution < -0.4 is 30.3 Å². The highest BCUT2D eigenvalue weighted by Crippen LogP contribution is 2.55. The van der Waals surface area contributed by atoms with Crippen LogP contribution in [-0.2, 0) is 9.59 Å². The highest BCUT2D eigenvalue weighted by molar-refractivity contribution is 6.03. The first-order chi connectivity index (χ1) is 28.9. The van der Waals surface area contributed by atoms with Gasteiger partial charge in [-0.15, -0.1) is 0 Å². The van der Waals surface area contributed by atoms with Crippen molar-refractivity contribution in [3.05, 3.63) is 76.6 Å². The van der Waals surface area contributed by atoms with E-state index in [0.717, 1.165) is 62.2 Å². The van der Waals surface area contributed by atoms with Gasteiger partial charge in [0.25, 0.3) is 11.8 Å².